The van der Waals surface area contributed by atoms with Gasteiger partial charge in [0.25, 0.3) is 5.91 Å². The summed E-state index contributed by atoms with van der Waals surface area (Å²) in [6.07, 6.45) is 3.19. The van der Waals surface area contributed by atoms with Crippen LogP contribution < -0.4 is 15.4 Å². The first kappa shape index (κ1) is 17.0. The van der Waals surface area contributed by atoms with Crippen LogP contribution in [0.5, 0.6) is 5.75 Å². The molecule has 25 heavy (non-hydrogen) atoms. The van der Waals surface area contributed by atoms with Crippen molar-refractivity contribution < 1.29 is 9.53 Å². The van der Waals surface area contributed by atoms with Gasteiger partial charge in [-0.3, -0.25) is 9.78 Å². The second-order valence-electron chi connectivity index (χ2n) is 5.25. The van der Waals surface area contributed by atoms with Crippen LogP contribution in [0.25, 0.3) is 0 Å². The van der Waals surface area contributed by atoms with Crippen LogP contribution in [0, 0.1) is 0 Å². The summed E-state index contributed by atoms with van der Waals surface area (Å²) in [5.41, 5.74) is 2.69. The molecule has 1 amide bonds. The van der Waals surface area contributed by atoms with Gasteiger partial charge < -0.3 is 15.4 Å². The van der Waals surface area contributed by atoms with E-state index in [1.54, 1.807) is 31.5 Å². The minimum absolute atomic E-state index is 0.255. The van der Waals surface area contributed by atoms with E-state index in [2.05, 4.69) is 31.5 Å². The van der Waals surface area contributed by atoms with Crippen molar-refractivity contribution in [3.05, 3.63) is 77.0 Å². The minimum Gasteiger partial charge on any atom is -0.495 e. The summed E-state index contributed by atoms with van der Waals surface area (Å²) in [6, 6.07) is 16.8. The predicted molar refractivity (Wildman–Crippen MR) is 103 cm³/mol. The predicted octanol–water partition coefficient (Wildman–Crippen LogP) is 4.85. The highest BCUT2D eigenvalue weighted by atomic mass is 79.9. The molecule has 126 valence electrons. The molecule has 0 atom stereocenters. The Morgan fingerprint density at radius 1 is 1.04 bits per heavy atom. The summed E-state index contributed by atoms with van der Waals surface area (Å²) >= 11 is 3.43. The second-order valence-corrected chi connectivity index (χ2v) is 6.17. The number of carbonyl (C=O) groups is 1. The van der Waals surface area contributed by atoms with Gasteiger partial charge in [0.05, 0.1) is 30.2 Å². The van der Waals surface area contributed by atoms with Gasteiger partial charge >= 0.3 is 0 Å². The second kappa shape index (κ2) is 7.81. The Balaban J connectivity index is 1.77. The third-order valence-electron chi connectivity index (χ3n) is 3.47. The van der Waals surface area contributed by atoms with Gasteiger partial charge in [-0.05, 0) is 36.4 Å². The third-order valence-corrected chi connectivity index (χ3v) is 3.96. The molecule has 5 nitrogen and oxygen atoms in total. The summed E-state index contributed by atoms with van der Waals surface area (Å²) in [5.74, 6) is 0.349. The van der Waals surface area contributed by atoms with Crippen LogP contribution >= 0.6 is 15.9 Å². The monoisotopic (exact) mass is 397 g/mol. The Morgan fingerprint density at radius 3 is 2.68 bits per heavy atom. The fourth-order valence-electron chi connectivity index (χ4n) is 2.31. The van der Waals surface area contributed by atoms with Crippen LogP contribution in [0.1, 0.15) is 10.4 Å². The molecule has 0 aliphatic heterocycles. The molecule has 0 saturated carbocycles. The van der Waals surface area contributed by atoms with Crippen molar-refractivity contribution in [3.63, 3.8) is 0 Å². The summed E-state index contributed by atoms with van der Waals surface area (Å²) in [7, 11) is 1.56. The third kappa shape index (κ3) is 4.36. The Bertz CT molecular complexity index is 899. The van der Waals surface area contributed by atoms with Crippen molar-refractivity contribution in [3.8, 4) is 5.75 Å². The van der Waals surface area contributed by atoms with E-state index in [0.29, 0.717) is 17.0 Å². The Kier molecular flexibility index (Phi) is 5.30. The first-order valence-corrected chi connectivity index (χ1v) is 8.37. The topological polar surface area (TPSA) is 63.2 Å². The van der Waals surface area contributed by atoms with Gasteiger partial charge in [-0.25, -0.2) is 0 Å². The average Bonchev–Trinajstić information content (AvgIpc) is 2.62. The maximum atomic E-state index is 12.5. The fraction of sp³-hybridized carbons (Fsp3) is 0.0526. The number of aromatic nitrogens is 1. The van der Waals surface area contributed by atoms with Crippen molar-refractivity contribution in [2.24, 2.45) is 0 Å². The van der Waals surface area contributed by atoms with Crippen LogP contribution in [0.3, 0.4) is 0 Å². The van der Waals surface area contributed by atoms with E-state index in [4.69, 9.17) is 4.74 Å². The summed E-state index contributed by atoms with van der Waals surface area (Å²) < 4.78 is 6.22. The number of nitrogens with one attached hydrogen (secondary N) is 2. The SMILES string of the molecule is COc1ccccc1NC(=O)c1cncc(Nc2cccc(Br)c2)c1. The Hall–Kier alpha value is -2.86. The van der Waals surface area contributed by atoms with E-state index in [-0.39, 0.29) is 5.91 Å². The number of hydrogen-bond donors (Lipinski definition) is 2. The minimum atomic E-state index is -0.255. The lowest BCUT2D eigenvalue weighted by Crippen LogP contribution is -2.13. The number of rotatable bonds is 5. The Labute approximate surface area is 154 Å². The summed E-state index contributed by atoms with van der Waals surface area (Å²) in [4.78, 5) is 16.6. The zero-order valence-corrected chi connectivity index (χ0v) is 15.1. The highest BCUT2D eigenvalue weighted by Gasteiger charge is 2.10. The number of halogens is 1. The van der Waals surface area contributed by atoms with Gasteiger partial charge in [-0.1, -0.05) is 34.1 Å². The number of nitrogens with zero attached hydrogens (tertiary/aromatic N) is 1. The van der Waals surface area contributed by atoms with Crippen LogP contribution in [0.2, 0.25) is 0 Å². The van der Waals surface area contributed by atoms with Gasteiger partial charge in [0.1, 0.15) is 5.75 Å². The molecule has 0 bridgehead atoms. The van der Waals surface area contributed by atoms with Crippen molar-refractivity contribution in [2.75, 3.05) is 17.7 Å². The molecule has 2 aromatic carbocycles. The van der Waals surface area contributed by atoms with Crippen LogP contribution in [-0.4, -0.2) is 18.0 Å². The molecular formula is C19H16BrN3O2. The van der Waals surface area contributed by atoms with E-state index in [9.17, 15) is 4.79 Å². The van der Waals surface area contributed by atoms with Crippen molar-refractivity contribution in [1.29, 1.82) is 0 Å². The van der Waals surface area contributed by atoms with Gasteiger partial charge in [-0.2, -0.15) is 0 Å². The molecule has 0 unspecified atom stereocenters. The van der Waals surface area contributed by atoms with E-state index >= 15 is 0 Å². The molecule has 0 fully saturated rings. The number of amides is 1. The Morgan fingerprint density at radius 2 is 1.88 bits per heavy atom. The molecule has 6 heteroatoms. The highest BCUT2D eigenvalue weighted by Crippen LogP contribution is 2.24. The standard InChI is InChI=1S/C19H16BrN3O2/c1-25-18-8-3-2-7-17(18)23-19(24)13-9-16(12-21-11-13)22-15-6-4-5-14(20)10-15/h2-12,22H,1H3,(H,23,24). The number of benzene rings is 2. The number of methoxy groups -OCH3 is 1. The number of pyridine rings is 1. The summed E-state index contributed by atoms with van der Waals surface area (Å²) in [5, 5.41) is 6.07. The molecule has 1 heterocycles. The molecule has 0 radical (unpaired) electrons. The zero-order chi connectivity index (χ0) is 17.6. The molecule has 3 rings (SSSR count). The molecule has 1 aromatic heterocycles. The van der Waals surface area contributed by atoms with E-state index in [1.807, 2.05) is 36.4 Å². The maximum absolute atomic E-state index is 12.5. The molecule has 0 saturated heterocycles. The lowest BCUT2D eigenvalue weighted by atomic mass is 10.2. The zero-order valence-electron chi connectivity index (χ0n) is 13.5. The van der Waals surface area contributed by atoms with Crippen molar-refractivity contribution >= 4 is 38.9 Å². The van der Waals surface area contributed by atoms with Crippen molar-refractivity contribution in [2.45, 2.75) is 0 Å². The molecule has 0 aliphatic carbocycles. The number of hydrogen-bond acceptors (Lipinski definition) is 4. The van der Waals surface area contributed by atoms with E-state index < -0.39 is 0 Å². The van der Waals surface area contributed by atoms with Crippen LogP contribution in [0.15, 0.2) is 71.5 Å². The van der Waals surface area contributed by atoms with E-state index in [1.165, 1.54) is 6.20 Å². The lowest BCUT2D eigenvalue weighted by molar-refractivity contribution is 0.102. The largest absolute Gasteiger partial charge is 0.495 e. The van der Waals surface area contributed by atoms with Gasteiger partial charge in [0, 0.05) is 16.4 Å². The quantitative estimate of drug-likeness (QED) is 0.645. The first-order valence-electron chi connectivity index (χ1n) is 7.58. The normalized spacial score (nSPS) is 10.2. The first-order chi connectivity index (χ1) is 12.2. The lowest BCUT2D eigenvalue weighted by Gasteiger charge is -2.11. The van der Waals surface area contributed by atoms with Gasteiger partial charge in [0.15, 0.2) is 0 Å². The van der Waals surface area contributed by atoms with Crippen LogP contribution in [-0.2, 0) is 0 Å². The fourth-order valence-corrected chi connectivity index (χ4v) is 2.71. The maximum Gasteiger partial charge on any atom is 0.257 e. The highest BCUT2D eigenvalue weighted by molar-refractivity contribution is 9.10. The molecule has 0 aliphatic rings. The average molecular weight is 398 g/mol. The van der Waals surface area contributed by atoms with E-state index in [0.717, 1.165) is 15.8 Å². The number of carbonyl (C=O) groups excluding carboxylic acids is 1. The van der Waals surface area contributed by atoms with Gasteiger partial charge in [0.2, 0.25) is 0 Å². The molecule has 3 aromatic rings. The number of ether oxygens (including phenoxy) is 1. The summed E-state index contributed by atoms with van der Waals surface area (Å²) in [6.45, 7) is 0. The van der Waals surface area contributed by atoms with Crippen molar-refractivity contribution in [1.82, 2.24) is 4.98 Å². The smallest absolute Gasteiger partial charge is 0.257 e. The molecule has 0 spiro atoms. The molecular weight excluding hydrogens is 382 g/mol. The number of para-hydroxylation sites is 2. The molecule has 2 N–H and O–H groups in total. The van der Waals surface area contributed by atoms with Gasteiger partial charge in [-0.15, -0.1) is 0 Å². The number of anilines is 3. The van der Waals surface area contributed by atoms with Crippen LogP contribution in [0.4, 0.5) is 17.1 Å².